The Kier molecular flexibility index (Phi) is 4.18. The molecule has 2 rings (SSSR count). The van der Waals surface area contributed by atoms with Crippen molar-refractivity contribution in [2.75, 3.05) is 0 Å². The second-order valence-electron chi connectivity index (χ2n) is 6.33. The predicted octanol–water partition coefficient (Wildman–Crippen LogP) is 3.08. The Hall–Kier alpha value is -1.33. The van der Waals surface area contributed by atoms with Gasteiger partial charge in [-0.1, -0.05) is 12.7 Å². The summed E-state index contributed by atoms with van der Waals surface area (Å²) >= 11 is 0. The van der Waals surface area contributed by atoms with Gasteiger partial charge < -0.3 is 14.0 Å². The van der Waals surface area contributed by atoms with E-state index in [1.807, 2.05) is 34.6 Å². The molecular formula is C16H22BFO3. The van der Waals surface area contributed by atoms with E-state index in [0.717, 1.165) is 0 Å². The van der Waals surface area contributed by atoms with Crippen molar-refractivity contribution in [3.8, 4) is 5.75 Å². The monoisotopic (exact) mass is 292 g/mol. The Morgan fingerprint density at radius 1 is 1.24 bits per heavy atom. The molecule has 0 N–H and O–H groups in total. The van der Waals surface area contributed by atoms with Gasteiger partial charge in [0.15, 0.2) is 0 Å². The van der Waals surface area contributed by atoms with Crippen molar-refractivity contribution in [2.24, 2.45) is 0 Å². The summed E-state index contributed by atoms with van der Waals surface area (Å²) in [6.45, 7) is 13.4. The number of ether oxygens (including phenoxy) is 1. The molecule has 3 nitrogen and oxygen atoms in total. The highest BCUT2D eigenvalue weighted by Crippen LogP contribution is 2.37. The minimum atomic E-state index is -0.655. The average Bonchev–Trinajstić information content (AvgIpc) is 2.60. The quantitative estimate of drug-likeness (QED) is 0.630. The van der Waals surface area contributed by atoms with E-state index in [1.54, 1.807) is 12.1 Å². The zero-order chi connectivity index (χ0) is 15.8. The van der Waals surface area contributed by atoms with Gasteiger partial charge in [0.25, 0.3) is 0 Å². The second-order valence-corrected chi connectivity index (χ2v) is 6.33. The third kappa shape index (κ3) is 3.14. The highest BCUT2D eigenvalue weighted by Gasteiger charge is 2.52. The Morgan fingerprint density at radius 2 is 1.81 bits per heavy atom. The molecule has 1 aromatic carbocycles. The molecule has 1 atom stereocenters. The van der Waals surface area contributed by atoms with E-state index in [1.165, 1.54) is 12.1 Å². The molecule has 1 saturated heterocycles. The summed E-state index contributed by atoms with van der Waals surface area (Å²) < 4.78 is 31.3. The van der Waals surface area contributed by atoms with Gasteiger partial charge >= 0.3 is 7.12 Å². The number of hydrogen-bond donors (Lipinski definition) is 0. The molecule has 1 aromatic rings. The predicted molar refractivity (Wildman–Crippen MR) is 82.4 cm³/mol. The molecule has 0 saturated carbocycles. The van der Waals surface area contributed by atoms with E-state index in [-0.39, 0.29) is 11.9 Å². The smallest absolute Gasteiger partial charge is 0.487 e. The minimum absolute atomic E-state index is 0.184. The van der Waals surface area contributed by atoms with Crippen LogP contribution in [-0.4, -0.2) is 24.4 Å². The molecule has 21 heavy (non-hydrogen) atoms. The first-order chi connectivity index (χ1) is 9.66. The maximum atomic E-state index is 13.6. The van der Waals surface area contributed by atoms with Gasteiger partial charge in [-0.3, -0.25) is 0 Å². The van der Waals surface area contributed by atoms with Crippen LogP contribution in [0.1, 0.15) is 34.6 Å². The fourth-order valence-electron chi connectivity index (χ4n) is 2.03. The molecule has 114 valence electrons. The van der Waals surface area contributed by atoms with E-state index >= 15 is 0 Å². The van der Waals surface area contributed by atoms with Crippen molar-refractivity contribution in [2.45, 2.75) is 51.9 Å². The molecule has 0 radical (unpaired) electrons. The van der Waals surface area contributed by atoms with Gasteiger partial charge in [0.05, 0.1) is 11.2 Å². The lowest BCUT2D eigenvalue weighted by atomic mass is 9.78. The first kappa shape index (κ1) is 16.1. The van der Waals surface area contributed by atoms with Gasteiger partial charge in [-0.05, 0) is 52.8 Å². The van der Waals surface area contributed by atoms with Crippen LogP contribution in [-0.2, 0) is 9.31 Å². The van der Waals surface area contributed by atoms with Gasteiger partial charge in [-0.2, -0.15) is 0 Å². The molecule has 1 aliphatic rings. The average molecular weight is 292 g/mol. The van der Waals surface area contributed by atoms with Crippen LogP contribution in [0.3, 0.4) is 0 Å². The molecule has 1 fully saturated rings. The zero-order valence-corrected chi connectivity index (χ0v) is 13.3. The van der Waals surface area contributed by atoms with Gasteiger partial charge in [0.2, 0.25) is 0 Å². The van der Waals surface area contributed by atoms with Gasteiger partial charge in [0, 0.05) is 5.46 Å². The van der Waals surface area contributed by atoms with Crippen LogP contribution in [0.15, 0.2) is 30.9 Å². The molecule has 1 unspecified atom stereocenters. The van der Waals surface area contributed by atoms with Crippen LogP contribution < -0.4 is 10.2 Å². The molecule has 1 heterocycles. The number of hydrogen-bond acceptors (Lipinski definition) is 3. The van der Waals surface area contributed by atoms with Crippen LogP contribution in [0.5, 0.6) is 5.75 Å². The Balaban J connectivity index is 2.35. The van der Waals surface area contributed by atoms with Gasteiger partial charge in [-0.15, -0.1) is 0 Å². The number of rotatable bonds is 4. The SMILES string of the molecule is C=CC(C)Oc1ccc(F)cc1B1OC(C)(C)C(C)(C)O1. The maximum Gasteiger partial charge on any atom is 0.498 e. The fourth-order valence-corrected chi connectivity index (χ4v) is 2.03. The van der Waals surface area contributed by atoms with E-state index < -0.39 is 18.3 Å². The zero-order valence-electron chi connectivity index (χ0n) is 13.3. The van der Waals surface area contributed by atoms with Crippen molar-refractivity contribution < 1.29 is 18.4 Å². The topological polar surface area (TPSA) is 27.7 Å². The van der Waals surface area contributed by atoms with E-state index in [4.69, 9.17) is 14.0 Å². The van der Waals surface area contributed by atoms with Crippen LogP contribution in [0, 0.1) is 5.82 Å². The summed E-state index contributed by atoms with van der Waals surface area (Å²) in [5.41, 5.74) is -0.404. The van der Waals surface area contributed by atoms with Crippen LogP contribution in [0.4, 0.5) is 4.39 Å². The van der Waals surface area contributed by atoms with Crippen molar-refractivity contribution in [1.29, 1.82) is 0 Å². The van der Waals surface area contributed by atoms with Crippen molar-refractivity contribution in [3.63, 3.8) is 0 Å². The second kappa shape index (κ2) is 5.46. The molecule has 0 spiro atoms. The molecule has 0 aromatic heterocycles. The first-order valence-electron chi connectivity index (χ1n) is 7.10. The van der Waals surface area contributed by atoms with Crippen LogP contribution in [0.2, 0.25) is 0 Å². The highest BCUT2D eigenvalue weighted by atomic mass is 19.1. The van der Waals surface area contributed by atoms with Crippen molar-refractivity contribution >= 4 is 12.6 Å². The lowest BCUT2D eigenvalue weighted by Crippen LogP contribution is -2.41. The Bertz CT molecular complexity index is 526. The highest BCUT2D eigenvalue weighted by molar-refractivity contribution is 6.63. The molecule has 0 amide bonds. The maximum absolute atomic E-state index is 13.6. The number of benzene rings is 1. The summed E-state index contributed by atoms with van der Waals surface area (Å²) in [6, 6.07) is 4.35. The van der Waals surface area contributed by atoms with E-state index in [2.05, 4.69) is 6.58 Å². The third-order valence-electron chi connectivity index (χ3n) is 4.12. The Morgan fingerprint density at radius 3 is 2.33 bits per heavy atom. The van der Waals surface area contributed by atoms with Crippen LogP contribution >= 0.6 is 0 Å². The lowest BCUT2D eigenvalue weighted by molar-refractivity contribution is 0.00578. The normalized spacial score (nSPS) is 21.1. The van der Waals surface area contributed by atoms with Crippen molar-refractivity contribution in [3.05, 3.63) is 36.7 Å². The third-order valence-corrected chi connectivity index (χ3v) is 4.12. The van der Waals surface area contributed by atoms with Crippen LogP contribution in [0.25, 0.3) is 0 Å². The Labute approximate surface area is 126 Å². The molecule has 0 bridgehead atoms. The molecule has 0 aliphatic carbocycles. The molecule has 5 heteroatoms. The first-order valence-corrected chi connectivity index (χ1v) is 7.10. The summed E-state index contributed by atoms with van der Waals surface area (Å²) in [6.07, 6.45) is 1.49. The minimum Gasteiger partial charge on any atom is -0.487 e. The lowest BCUT2D eigenvalue weighted by Gasteiger charge is -2.32. The largest absolute Gasteiger partial charge is 0.498 e. The number of halogens is 1. The summed E-state index contributed by atoms with van der Waals surface area (Å²) in [5, 5.41) is 0. The van der Waals surface area contributed by atoms with Gasteiger partial charge in [-0.25, -0.2) is 4.39 Å². The summed E-state index contributed by atoms with van der Waals surface area (Å²) in [5.74, 6) is 0.195. The van der Waals surface area contributed by atoms with E-state index in [9.17, 15) is 4.39 Å². The van der Waals surface area contributed by atoms with Crippen molar-refractivity contribution in [1.82, 2.24) is 0 Å². The standard InChI is InChI=1S/C16H22BFO3/c1-7-11(2)19-14-9-8-12(18)10-13(14)17-20-15(3,4)16(5,6)21-17/h7-11H,1H2,2-6H3. The van der Waals surface area contributed by atoms with E-state index in [0.29, 0.717) is 11.2 Å². The molecule has 1 aliphatic heterocycles. The molecular weight excluding hydrogens is 270 g/mol. The van der Waals surface area contributed by atoms with Gasteiger partial charge in [0.1, 0.15) is 17.7 Å². The fraction of sp³-hybridized carbons (Fsp3) is 0.500. The summed E-state index contributed by atoms with van der Waals surface area (Å²) in [4.78, 5) is 0. The summed E-state index contributed by atoms with van der Waals surface area (Å²) in [7, 11) is -0.655.